The highest BCUT2D eigenvalue weighted by molar-refractivity contribution is 5.44. The first-order valence-electron chi connectivity index (χ1n) is 10.4. The second-order valence-corrected chi connectivity index (χ2v) is 8.28. The van der Waals surface area contributed by atoms with Crippen LogP contribution in [0.1, 0.15) is 47.6 Å². The zero-order valence-corrected chi connectivity index (χ0v) is 17.0. The second-order valence-electron chi connectivity index (χ2n) is 8.28. The normalized spacial score (nSPS) is 26.8. The van der Waals surface area contributed by atoms with Crippen LogP contribution in [-0.4, -0.2) is 35.5 Å². The number of alkyl halides is 5. The van der Waals surface area contributed by atoms with Crippen LogP contribution in [0.15, 0.2) is 42.5 Å². The summed E-state index contributed by atoms with van der Waals surface area (Å²) in [4.78, 5) is 0. The van der Waals surface area contributed by atoms with Gasteiger partial charge in [-0.05, 0) is 60.6 Å². The van der Waals surface area contributed by atoms with Crippen LogP contribution in [0.2, 0.25) is 0 Å². The molecule has 1 aliphatic carbocycles. The van der Waals surface area contributed by atoms with Gasteiger partial charge in [0.2, 0.25) is 0 Å². The van der Waals surface area contributed by atoms with E-state index in [2.05, 4.69) is 0 Å². The van der Waals surface area contributed by atoms with Crippen molar-refractivity contribution in [3.63, 3.8) is 0 Å². The van der Waals surface area contributed by atoms with Gasteiger partial charge in [0.15, 0.2) is 5.60 Å². The number of fused-ring (bicyclic) bond motifs is 1. The van der Waals surface area contributed by atoms with Crippen LogP contribution in [0.5, 0.6) is 5.75 Å². The van der Waals surface area contributed by atoms with E-state index in [9.17, 15) is 32.2 Å². The maximum absolute atomic E-state index is 14.8. The van der Waals surface area contributed by atoms with Crippen molar-refractivity contribution in [1.82, 2.24) is 0 Å². The minimum absolute atomic E-state index is 0.0454. The molecule has 9 heteroatoms. The lowest BCUT2D eigenvalue weighted by molar-refractivity contribution is -0.226. The highest BCUT2D eigenvalue weighted by Crippen LogP contribution is 2.56. The Morgan fingerprint density at radius 1 is 1.12 bits per heavy atom. The van der Waals surface area contributed by atoms with Gasteiger partial charge in [-0.2, -0.15) is 22.0 Å². The van der Waals surface area contributed by atoms with E-state index in [0.29, 0.717) is 6.61 Å². The standard InChI is InChI=1S/C23H23F5O4/c24-22(25)20(29)18-5-1-2-6-19(18)21(22,30)8-7-14-10-15(23(26,27)28)12-17(11-14)32-13-16-4-3-9-31-16/h1-2,5-6,10-12,16,20,29-30H,3-4,7-9,13H2/t16?,20-,21+/m0/s1. The highest BCUT2D eigenvalue weighted by Gasteiger charge is 2.64. The lowest BCUT2D eigenvalue weighted by Crippen LogP contribution is -2.44. The van der Waals surface area contributed by atoms with Gasteiger partial charge < -0.3 is 19.7 Å². The molecule has 2 aromatic rings. The molecular formula is C23H23F5O4. The zero-order chi connectivity index (χ0) is 23.1. The van der Waals surface area contributed by atoms with E-state index in [1.165, 1.54) is 30.3 Å². The van der Waals surface area contributed by atoms with Crippen LogP contribution in [0.4, 0.5) is 22.0 Å². The molecule has 174 valence electrons. The highest BCUT2D eigenvalue weighted by atomic mass is 19.4. The van der Waals surface area contributed by atoms with Crippen molar-refractivity contribution in [2.75, 3.05) is 13.2 Å². The molecule has 1 heterocycles. The van der Waals surface area contributed by atoms with Gasteiger partial charge in [-0.1, -0.05) is 24.3 Å². The number of aryl methyl sites for hydroxylation is 1. The molecule has 4 nitrogen and oxygen atoms in total. The Morgan fingerprint density at radius 3 is 2.56 bits per heavy atom. The SMILES string of the molecule is O[C@H]1c2ccccc2[C@](O)(CCc2cc(OCC3CCCO3)cc(C(F)(F)F)c2)C1(F)F. The minimum Gasteiger partial charge on any atom is -0.491 e. The number of ether oxygens (including phenoxy) is 2. The molecule has 0 spiro atoms. The summed E-state index contributed by atoms with van der Waals surface area (Å²) in [5.41, 5.74) is -3.81. The molecule has 0 saturated carbocycles. The molecule has 4 rings (SSSR count). The van der Waals surface area contributed by atoms with E-state index in [0.717, 1.165) is 25.0 Å². The fourth-order valence-electron chi connectivity index (χ4n) is 4.36. The molecule has 0 bridgehead atoms. The molecule has 3 atom stereocenters. The Balaban J connectivity index is 1.58. The summed E-state index contributed by atoms with van der Waals surface area (Å²) in [6.45, 7) is 0.657. The predicted molar refractivity (Wildman–Crippen MR) is 104 cm³/mol. The maximum Gasteiger partial charge on any atom is 0.416 e. The van der Waals surface area contributed by atoms with Gasteiger partial charge in [0, 0.05) is 6.61 Å². The molecule has 1 fully saturated rings. The van der Waals surface area contributed by atoms with E-state index in [-0.39, 0.29) is 41.6 Å². The van der Waals surface area contributed by atoms with Crippen LogP contribution in [0, 0.1) is 0 Å². The van der Waals surface area contributed by atoms with Crippen LogP contribution in [0.3, 0.4) is 0 Å². The van der Waals surface area contributed by atoms with Gasteiger partial charge in [-0.25, -0.2) is 0 Å². The van der Waals surface area contributed by atoms with Gasteiger partial charge in [0.1, 0.15) is 18.5 Å². The third kappa shape index (κ3) is 4.09. The summed E-state index contributed by atoms with van der Waals surface area (Å²) in [5.74, 6) is -3.94. The number of aliphatic hydroxyl groups excluding tert-OH is 1. The summed E-state index contributed by atoms with van der Waals surface area (Å²) in [7, 11) is 0. The number of rotatable bonds is 6. The van der Waals surface area contributed by atoms with Gasteiger partial charge in [0.25, 0.3) is 0 Å². The van der Waals surface area contributed by atoms with Crippen molar-refractivity contribution < 1.29 is 41.6 Å². The van der Waals surface area contributed by atoms with Crippen molar-refractivity contribution in [1.29, 1.82) is 0 Å². The average molecular weight is 458 g/mol. The van der Waals surface area contributed by atoms with E-state index in [1.54, 1.807) is 0 Å². The Kier molecular flexibility index (Phi) is 5.94. The largest absolute Gasteiger partial charge is 0.491 e. The predicted octanol–water partition coefficient (Wildman–Crippen LogP) is 4.77. The minimum atomic E-state index is -4.66. The van der Waals surface area contributed by atoms with Crippen molar-refractivity contribution in [2.24, 2.45) is 0 Å². The monoisotopic (exact) mass is 458 g/mol. The van der Waals surface area contributed by atoms with Crippen molar-refractivity contribution in [3.8, 4) is 5.75 Å². The molecular weight excluding hydrogens is 435 g/mol. The first kappa shape index (κ1) is 22.9. The lowest BCUT2D eigenvalue weighted by atomic mass is 9.86. The van der Waals surface area contributed by atoms with E-state index in [4.69, 9.17) is 9.47 Å². The third-order valence-corrected chi connectivity index (χ3v) is 6.12. The van der Waals surface area contributed by atoms with Crippen molar-refractivity contribution in [3.05, 3.63) is 64.7 Å². The first-order valence-corrected chi connectivity index (χ1v) is 10.4. The number of benzene rings is 2. The Hall–Kier alpha value is -2.23. The van der Waals surface area contributed by atoms with Gasteiger partial charge in [-0.15, -0.1) is 0 Å². The van der Waals surface area contributed by atoms with Crippen LogP contribution >= 0.6 is 0 Å². The topological polar surface area (TPSA) is 58.9 Å². The summed E-state index contributed by atoms with van der Waals surface area (Å²) in [6, 6.07) is 8.58. The van der Waals surface area contributed by atoms with Gasteiger partial charge in [0.05, 0.1) is 11.7 Å². The van der Waals surface area contributed by atoms with Crippen molar-refractivity contribution in [2.45, 2.75) is 55.6 Å². The Morgan fingerprint density at radius 2 is 1.88 bits per heavy atom. The molecule has 1 unspecified atom stereocenters. The molecule has 2 N–H and O–H groups in total. The van der Waals surface area contributed by atoms with Crippen LogP contribution < -0.4 is 4.74 Å². The summed E-state index contributed by atoms with van der Waals surface area (Å²) >= 11 is 0. The second kappa shape index (κ2) is 8.28. The van der Waals surface area contributed by atoms with Gasteiger partial charge in [-0.3, -0.25) is 0 Å². The summed E-state index contributed by atoms with van der Waals surface area (Å²) < 4.78 is 80.7. The maximum atomic E-state index is 14.8. The molecule has 0 aromatic heterocycles. The quantitative estimate of drug-likeness (QED) is 0.613. The van der Waals surface area contributed by atoms with E-state index < -0.39 is 35.8 Å². The Bertz CT molecular complexity index is 971. The Labute approximate surface area is 181 Å². The van der Waals surface area contributed by atoms with Gasteiger partial charge >= 0.3 is 12.1 Å². The summed E-state index contributed by atoms with van der Waals surface area (Å²) in [6.07, 6.45) is -6.33. The van der Waals surface area contributed by atoms with Crippen LogP contribution in [0.25, 0.3) is 0 Å². The average Bonchev–Trinajstić information content (AvgIpc) is 3.32. The lowest BCUT2D eigenvalue weighted by Gasteiger charge is -2.32. The molecule has 32 heavy (non-hydrogen) atoms. The zero-order valence-electron chi connectivity index (χ0n) is 17.0. The molecule has 1 aliphatic heterocycles. The smallest absolute Gasteiger partial charge is 0.416 e. The number of aliphatic hydroxyl groups is 2. The number of hydrogen-bond acceptors (Lipinski definition) is 4. The van der Waals surface area contributed by atoms with E-state index in [1.807, 2.05) is 0 Å². The van der Waals surface area contributed by atoms with Crippen molar-refractivity contribution >= 4 is 0 Å². The molecule has 2 aromatic carbocycles. The third-order valence-electron chi connectivity index (χ3n) is 6.12. The first-order chi connectivity index (χ1) is 15.0. The molecule has 0 amide bonds. The number of halogens is 5. The fourth-order valence-corrected chi connectivity index (χ4v) is 4.36. The molecule has 1 saturated heterocycles. The van der Waals surface area contributed by atoms with Crippen LogP contribution in [-0.2, 0) is 22.9 Å². The molecule has 0 radical (unpaired) electrons. The van der Waals surface area contributed by atoms with E-state index >= 15 is 0 Å². The fraction of sp³-hybridized carbons (Fsp3) is 0.478. The molecule has 2 aliphatic rings. The number of hydrogen-bond donors (Lipinski definition) is 2. The summed E-state index contributed by atoms with van der Waals surface area (Å²) in [5, 5.41) is 20.9.